The van der Waals surface area contributed by atoms with Crippen molar-refractivity contribution in [3.63, 3.8) is 0 Å². The molecule has 0 aliphatic carbocycles. The van der Waals surface area contributed by atoms with Gasteiger partial charge >= 0.3 is 0 Å². The number of nitrogens with one attached hydrogen (secondary N) is 1. The summed E-state index contributed by atoms with van der Waals surface area (Å²) in [5.74, 6) is 4.92. The van der Waals surface area contributed by atoms with E-state index in [1.54, 1.807) is 0 Å². The van der Waals surface area contributed by atoms with Gasteiger partial charge in [0.25, 0.3) is 5.91 Å². The second kappa shape index (κ2) is 5.95. The highest BCUT2D eigenvalue weighted by atomic mass is 32.1. The second-order valence-corrected chi connectivity index (χ2v) is 5.17. The maximum atomic E-state index is 11.7. The van der Waals surface area contributed by atoms with Gasteiger partial charge in [0.2, 0.25) is 0 Å². The molecule has 1 amide bonds. The number of nitrogen functional groups attached to an aromatic ring is 1. The lowest BCUT2D eigenvalue weighted by atomic mass is 10.1. The maximum absolute atomic E-state index is 11.7. The smallest absolute Gasteiger partial charge is 0.277 e. The predicted octanol–water partition coefficient (Wildman–Crippen LogP) is 2.54. The van der Waals surface area contributed by atoms with Crippen LogP contribution in [0.15, 0.2) is 24.3 Å². The highest BCUT2D eigenvalue weighted by Gasteiger charge is 2.16. The summed E-state index contributed by atoms with van der Waals surface area (Å²) in [6.07, 6.45) is 1.73. The van der Waals surface area contributed by atoms with Gasteiger partial charge in [-0.15, -0.1) is 11.3 Å². The molecule has 0 bridgehead atoms. The average molecular weight is 275 g/mol. The molecule has 2 aromatic rings. The van der Waals surface area contributed by atoms with Gasteiger partial charge in [-0.2, -0.15) is 0 Å². The van der Waals surface area contributed by atoms with Crippen molar-refractivity contribution in [2.75, 3.05) is 0 Å². The standard InChI is InChI=1S/C14H17N3OS/c1-3-9-5-7-10(8-6-9)14-16-11(4-2)12(19-14)13(18)17-15/h5-8H,3-4,15H2,1-2H3,(H,17,18). The van der Waals surface area contributed by atoms with Crippen molar-refractivity contribution in [3.8, 4) is 10.6 Å². The van der Waals surface area contributed by atoms with Crippen molar-refractivity contribution in [1.29, 1.82) is 0 Å². The fraction of sp³-hybridized carbons (Fsp3) is 0.286. The zero-order chi connectivity index (χ0) is 13.8. The molecule has 5 heteroatoms. The first-order chi connectivity index (χ1) is 9.19. The van der Waals surface area contributed by atoms with Gasteiger partial charge in [-0.25, -0.2) is 10.8 Å². The van der Waals surface area contributed by atoms with E-state index >= 15 is 0 Å². The van der Waals surface area contributed by atoms with Gasteiger partial charge in [-0.1, -0.05) is 38.1 Å². The molecule has 2 rings (SSSR count). The minimum Gasteiger partial charge on any atom is -0.289 e. The Hall–Kier alpha value is -1.72. The summed E-state index contributed by atoms with van der Waals surface area (Å²) in [4.78, 5) is 16.8. The lowest BCUT2D eigenvalue weighted by Crippen LogP contribution is -2.29. The predicted molar refractivity (Wildman–Crippen MR) is 78.0 cm³/mol. The average Bonchev–Trinajstić information content (AvgIpc) is 2.90. The number of carbonyl (C=O) groups is 1. The molecule has 0 unspecified atom stereocenters. The molecule has 0 aliphatic heterocycles. The summed E-state index contributed by atoms with van der Waals surface area (Å²) in [5.41, 5.74) is 5.29. The fourth-order valence-corrected chi connectivity index (χ4v) is 2.90. The number of carbonyl (C=O) groups excluding carboxylic acids is 1. The van der Waals surface area contributed by atoms with Crippen LogP contribution in [0.25, 0.3) is 10.6 Å². The lowest BCUT2D eigenvalue weighted by Gasteiger charge is -1.98. The highest BCUT2D eigenvalue weighted by Crippen LogP contribution is 2.28. The third-order valence-electron chi connectivity index (χ3n) is 2.98. The number of hydrogen-bond donors (Lipinski definition) is 2. The van der Waals surface area contributed by atoms with Crippen LogP contribution in [0.2, 0.25) is 0 Å². The molecule has 1 heterocycles. The van der Waals surface area contributed by atoms with Crippen molar-refractivity contribution < 1.29 is 4.79 Å². The first-order valence-corrected chi connectivity index (χ1v) is 7.11. The van der Waals surface area contributed by atoms with Crippen LogP contribution in [-0.4, -0.2) is 10.9 Å². The van der Waals surface area contributed by atoms with Crippen LogP contribution >= 0.6 is 11.3 Å². The minimum absolute atomic E-state index is 0.272. The lowest BCUT2D eigenvalue weighted by molar-refractivity contribution is 0.0956. The summed E-state index contributed by atoms with van der Waals surface area (Å²) in [6.45, 7) is 4.10. The van der Waals surface area contributed by atoms with Gasteiger partial charge in [0, 0.05) is 5.56 Å². The molecule has 1 aromatic heterocycles. The zero-order valence-corrected chi connectivity index (χ0v) is 11.9. The van der Waals surface area contributed by atoms with E-state index in [1.165, 1.54) is 16.9 Å². The van der Waals surface area contributed by atoms with Gasteiger partial charge in [0.1, 0.15) is 9.88 Å². The molecule has 0 atom stereocenters. The molecule has 0 aliphatic rings. The molecule has 1 aromatic carbocycles. The minimum atomic E-state index is -0.272. The Morgan fingerprint density at radius 2 is 1.95 bits per heavy atom. The third kappa shape index (κ3) is 2.83. The first kappa shape index (κ1) is 13.7. The van der Waals surface area contributed by atoms with E-state index in [9.17, 15) is 4.79 Å². The summed E-state index contributed by atoms with van der Waals surface area (Å²) >= 11 is 1.38. The third-order valence-corrected chi connectivity index (χ3v) is 4.12. The number of nitrogens with zero attached hydrogens (tertiary/aromatic N) is 1. The zero-order valence-electron chi connectivity index (χ0n) is 11.1. The summed E-state index contributed by atoms with van der Waals surface area (Å²) < 4.78 is 0. The molecule has 100 valence electrons. The van der Waals surface area contributed by atoms with E-state index < -0.39 is 0 Å². The molecule has 19 heavy (non-hydrogen) atoms. The molecule has 0 spiro atoms. The molecule has 0 saturated carbocycles. The largest absolute Gasteiger partial charge is 0.289 e. The van der Waals surface area contributed by atoms with Crippen molar-refractivity contribution >= 4 is 17.2 Å². The number of aryl methyl sites for hydroxylation is 2. The number of rotatable bonds is 4. The highest BCUT2D eigenvalue weighted by molar-refractivity contribution is 7.17. The van der Waals surface area contributed by atoms with Crippen molar-refractivity contribution in [2.45, 2.75) is 26.7 Å². The number of benzene rings is 1. The quantitative estimate of drug-likeness (QED) is 0.512. The molecular formula is C14H17N3OS. The number of nitrogens with two attached hydrogens (primary N) is 1. The normalized spacial score (nSPS) is 10.5. The van der Waals surface area contributed by atoms with Gasteiger partial charge in [0.15, 0.2) is 0 Å². The van der Waals surface area contributed by atoms with Crippen LogP contribution in [0.1, 0.15) is 34.8 Å². The number of aromatic nitrogens is 1. The second-order valence-electron chi connectivity index (χ2n) is 4.17. The van der Waals surface area contributed by atoms with E-state index in [-0.39, 0.29) is 5.91 Å². The Bertz CT molecular complexity index is 575. The molecular weight excluding hydrogens is 258 g/mol. The number of hydrogen-bond acceptors (Lipinski definition) is 4. The molecule has 4 nitrogen and oxygen atoms in total. The topological polar surface area (TPSA) is 68.0 Å². The number of hydrazine groups is 1. The first-order valence-electron chi connectivity index (χ1n) is 6.29. The maximum Gasteiger partial charge on any atom is 0.277 e. The number of amides is 1. The summed E-state index contributed by atoms with van der Waals surface area (Å²) in [6, 6.07) is 8.26. The van der Waals surface area contributed by atoms with Crippen LogP contribution in [0.3, 0.4) is 0 Å². The Labute approximate surface area is 116 Å². The fourth-order valence-electron chi connectivity index (χ4n) is 1.84. The van der Waals surface area contributed by atoms with Gasteiger partial charge < -0.3 is 0 Å². The Kier molecular flexibility index (Phi) is 4.29. The Morgan fingerprint density at radius 1 is 1.26 bits per heavy atom. The summed E-state index contributed by atoms with van der Waals surface area (Å²) in [7, 11) is 0. The van der Waals surface area contributed by atoms with Gasteiger partial charge in [0.05, 0.1) is 5.69 Å². The van der Waals surface area contributed by atoms with E-state index in [4.69, 9.17) is 5.84 Å². The van der Waals surface area contributed by atoms with E-state index in [0.29, 0.717) is 11.3 Å². The van der Waals surface area contributed by atoms with Crippen molar-refractivity contribution in [3.05, 3.63) is 40.4 Å². The van der Waals surface area contributed by atoms with Gasteiger partial charge in [-0.3, -0.25) is 10.2 Å². The molecule has 0 fully saturated rings. The Balaban J connectivity index is 2.39. The van der Waals surface area contributed by atoms with Crippen molar-refractivity contribution in [2.24, 2.45) is 5.84 Å². The van der Waals surface area contributed by atoms with Crippen LogP contribution in [-0.2, 0) is 12.8 Å². The monoisotopic (exact) mass is 275 g/mol. The van der Waals surface area contributed by atoms with Gasteiger partial charge in [-0.05, 0) is 18.4 Å². The SMILES string of the molecule is CCc1ccc(-c2nc(CC)c(C(=O)NN)s2)cc1. The van der Waals surface area contributed by atoms with Crippen LogP contribution in [0, 0.1) is 0 Å². The van der Waals surface area contributed by atoms with Crippen LogP contribution in [0.5, 0.6) is 0 Å². The molecule has 0 saturated heterocycles. The molecule has 3 N–H and O–H groups in total. The number of thiazole rings is 1. The van der Waals surface area contributed by atoms with Crippen LogP contribution < -0.4 is 11.3 Å². The Morgan fingerprint density at radius 3 is 2.47 bits per heavy atom. The van der Waals surface area contributed by atoms with E-state index in [2.05, 4.69) is 29.5 Å². The van der Waals surface area contributed by atoms with Crippen LogP contribution in [0.4, 0.5) is 0 Å². The van der Waals surface area contributed by atoms with Crippen molar-refractivity contribution in [1.82, 2.24) is 10.4 Å². The molecule has 0 radical (unpaired) electrons. The van der Waals surface area contributed by atoms with E-state index in [1.807, 2.05) is 19.1 Å². The summed E-state index contributed by atoms with van der Waals surface area (Å²) in [5, 5.41) is 0.859. The van der Waals surface area contributed by atoms with E-state index in [0.717, 1.165) is 22.7 Å².